The molecule has 0 saturated heterocycles. The number of hydrogen-bond acceptors (Lipinski definition) is 1. The largest absolute Gasteiger partial charge is 0.295 e. The molecule has 0 aliphatic heterocycles. The number of carbonyl (C=O) groups excluding carboxylic acids is 1. The fraction of sp³-hybridized carbons (Fsp3) is 0.500. The van der Waals surface area contributed by atoms with E-state index in [9.17, 15) is 4.79 Å². The second-order valence-corrected chi connectivity index (χ2v) is 2.57. The van der Waals surface area contributed by atoms with Crippen molar-refractivity contribution < 1.29 is 4.79 Å². The Bertz CT molecular complexity index is 264. The molecule has 0 radical (unpaired) electrons. The van der Waals surface area contributed by atoms with E-state index in [-0.39, 0.29) is 5.78 Å². The van der Waals surface area contributed by atoms with Crippen molar-refractivity contribution in [3.8, 4) is 0 Å². The highest BCUT2D eigenvalue weighted by molar-refractivity contribution is 5.95. The van der Waals surface area contributed by atoms with Crippen LogP contribution < -0.4 is 0 Å². The SMILES string of the molecule is CC.CC.CCc1ccccc1C(C)=O. The molecule has 0 bridgehead atoms. The van der Waals surface area contributed by atoms with Gasteiger partial charge in [-0.3, -0.25) is 4.79 Å². The van der Waals surface area contributed by atoms with Crippen molar-refractivity contribution >= 4 is 5.78 Å². The number of rotatable bonds is 2. The van der Waals surface area contributed by atoms with Gasteiger partial charge in [0.05, 0.1) is 0 Å². The minimum atomic E-state index is 0.155. The van der Waals surface area contributed by atoms with Gasteiger partial charge in [-0.25, -0.2) is 0 Å². The highest BCUT2D eigenvalue weighted by atomic mass is 16.1. The van der Waals surface area contributed by atoms with E-state index in [4.69, 9.17) is 0 Å². The summed E-state index contributed by atoms with van der Waals surface area (Å²) in [4.78, 5) is 11.0. The van der Waals surface area contributed by atoms with E-state index in [0.29, 0.717) is 0 Å². The first-order valence-electron chi connectivity index (χ1n) is 5.84. The maximum atomic E-state index is 11.0. The molecule has 1 rings (SSSR count). The van der Waals surface area contributed by atoms with Crippen LogP contribution in [0.4, 0.5) is 0 Å². The van der Waals surface area contributed by atoms with Crippen molar-refractivity contribution in [2.24, 2.45) is 0 Å². The minimum absolute atomic E-state index is 0.155. The van der Waals surface area contributed by atoms with Crippen molar-refractivity contribution in [1.29, 1.82) is 0 Å². The Morgan fingerprint density at radius 3 is 1.87 bits per heavy atom. The standard InChI is InChI=1S/C10H12O.2C2H6/c1-3-9-6-4-5-7-10(9)8(2)11;2*1-2/h4-7H,3H2,1-2H3;2*1-2H3. The maximum Gasteiger partial charge on any atom is 0.160 e. The van der Waals surface area contributed by atoms with Gasteiger partial charge in [0.2, 0.25) is 0 Å². The third-order valence-electron chi connectivity index (χ3n) is 1.78. The number of Topliss-reactive ketones (excluding diaryl/α,β-unsaturated/α-hetero) is 1. The highest BCUT2D eigenvalue weighted by Crippen LogP contribution is 2.09. The minimum Gasteiger partial charge on any atom is -0.295 e. The molecule has 86 valence electrons. The molecule has 0 aromatic heterocycles. The van der Waals surface area contributed by atoms with Crippen LogP contribution in [0.2, 0.25) is 0 Å². The number of hydrogen-bond donors (Lipinski definition) is 0. The maximum absolute atomic E-state index is 11.0. The lowest BCUT2D eigenvalue weighted by molar-refractivity contribution is 0.101. The molecule has 0 fully saturated rings. The van der Waals surface area contributed by atoms with E-state index in [0.717, 1.165) is 17.5 Å². The van der Waals surface area contributed by atoms with Gasteiger partial charge in [0.1, 0.15) is 0 Å². The smallest absolute Gasteiger partial charge is 0.160 e. The van der Waals surface area contributed by atoms with Gasteiger partial charge in [-0.15, -0.1) is 0 Å². The van der Waals surface area contributed by atoms with E-state index < -0.39 is 0 Å². The first-order chi connectivity index (χ1) is 7.25. The lowest BCUT2D eigenvalue weighted by Crippen LogP contribution is -1.97. The van der Waals surface area contributed by atoms with Crippen molar-refractivity contribution in [2.75, 3.05) is 0 Å². The third kappa shape index (κ3) is 6.05. The molecule has 1 nitrogen and oxygen atoms in total. The molecule has 0 heterocycles. The summed E-state index contributed by atoms with van der Waals surface area (Å²) in [7, 11) is 0. The van der Waals surface area contributed by atoms with Gasteiger partial charge in [-0.2, -0.15) is 0 Å². The molecule has 0 unspecified atom stereocenters. The van der Waals surface area contributed by atoms with Crippen molar-refractivity contribution in [3.05, 3.63) is 35.4 Å². The Kier molecular flexibility index (Phi) is 11.9. The van der Waals surface area contributed by atoms with Gasteiger partial charge in [-0.05, 0) is 18.9 Å². The number of carbonyl (C=O) groups is 1. The van der Waals surface area contributed by atoms with E-state index >= 15 is 0 Å². The molecule has 0 aliphatic rings. The van der Waals surface area contributed by atoms with E-state index in [2.05, 4.69) is 6.92 Å². The summed E-state index contributed by atoms with van der Waals surface area (Å²) in [6, 6.07) is 7.74. The Morgan fingerprint density at radius 1 is 1.07 bits per heavy atom. The molecule has 1 aromatic rings. The first-order valence-corrected chi connectivity index (χ1v) is 5.84. The normalized spacial score (nSPS) is 7.87. The Hall–Kier alpha value is -1.11. The van der Waals surface area contributed by atoms with Crippen molar-refractivity contribution in [3.63, 3.8) is 0 Å². The average molecular weight is 208 g/mol. The molecule has 1 heteroatoms. The van der Waals surface area contributed by atoms with Crippen LogP contribution in [0.15, 0.2) is 24.3 Å². The molecule has 15 heavy (non-hydrogen) atoms. The first kappa shape index (κ1) is 16.3. The molecule has 0 saturated carbocycles. The third-order valence-corrected chi connectivity index (χ3v) is 1.78. The zero-order valence-corrected chi connectivity index (χ0v) is 10.9. The average Bonchev–Trinajstić information content (AvgIpc) is 2.34. The summed E-state index contributed by atoms with van der Waals surface area (Å²) in [5, 5.41) is 0. The van der Waals surface area contributed by atoms with Crippen LogP contribution in [0.25, 0.3) is 0 Å². The topological polar surface area (TPSA) is 17.1 Å². The zero-order chi connectivity index (χ0) is 12.3. The van der Waals surface area contributed by atoms with Crippen LogP contribution in [-0.2, 0) is 6.42 Å². The van der Waals surface area contributed by atoms with Crippen molar-refractivity contribution in [1.82, 2.24) is 0 Å². The number of benzene rings is 1. The molecule has 0 amide bonds. The quantitative estimate of drug-likeness (QED) is 0.654. The predicted molar refractivity (Wildman–Crippen MR) is 68.5 cm³/mol. The Balaban J connectivity index is 0. The number of aryl methyl sites for hydroxylation is 1. The lowest BCUT2D eigenvalue weighted by atomic mass is 10.0. The highest BCUT2D eigenvalue weighted by Gasteiger charge is 2.02. The fourth-order valence-corrected chi connectivity index (χ4v) is 1.17. The van der Waals surface area contributed by atoms with E-state index in [1.165, 1.54) is 0 Å². The Morgan fingerprint density at radius 2 is 1.53 bits per heavy atom. The van der Waals surface area contributed by atoms with Gasteiger partial charge in [-0.1, -0.05) is 58.9 Å². The predicted octanol–water partition coefficient (Wildman–Crippen LogP) is 4.50. The van der Waals surface area contributed by atoms with Gasteiger partial charge in [0.15, 0.2) is 5.78 Å². The number of ketones is 1. The zero-order valence-electron chi connectivity index (χ0n) is 10.9. The van der Waals surface area contributed by atoms with E-state index in [1.54, 1.807) is 6.92 Å². The van der Waals surface area contributed by atoms with Crippen LogP contribution in [0, 0.1) is 0 Å². The lowest BCUT2D eigenvalue weighted by Gasteiger charge is -2.01. The molecule has 0 N–H and O–H groups in total. The molecule has 0 aliphatic carbocycles. The van der Waals surface area contributed by atoms with Gasteiger partial charge in [0, 0.05) is 5.56 Å². The molecular formula is C14H24O. The van der Waals surface area contributed by atoms with E-state index in [1.807, 2.05) is 52.0 Å². The summed E-state index contributed by atoms with van der Waals surface area (Å²) in [6.45, 7) is 11.7. The summed E-state index contributed by atoms with van der Waals surface area (Å²) in [5.41, 5.74) is 2.00. The van der Waals surface area contributed by atoms with Crippen LogP contribution in [0.3, 0.4) is 0 Å². The second-order valence-electron chi connectivity index (χ2n) is 2.57. The van der Waals surface area contributed by atoms with Gasteiger partial charge < -0.3 is 0 Å². The van der Waals surface area contributed by atoms with Gasteiger partial charge >= 0.3 is 0 Å². The van der Waals surface area contributed by atoms with Crippen molar-refractivity contribution in [2.45, 2.75) is 48.0 Å². The molecule has 0 atom stereocenters. The summed E-state index contributed by atoms with van der Waals surface area (Å²) in [5.74, 6) is 0.155. The van der Waals surface area contributed by atoms with Crippen LogP contribution >= 0.6 is 0 Å². The monoisotopic (exact) mass is 208 g/mol. The summed E-state index contributed by atoms with van der Waals surface area (Å²) < 4.78 is 0. The Labute approximate surface area is 94.5 Å². The molecule has 1 aromatic carbocycles. The fourth-order valence-electron chi connectivity index (χ4n) is 1.17. The van der Waals surface area contributed by atoms with Crippen LogP contribution in [-0.4, -0.2) is 5.78 Å². The molecule has 0 spiro atoms. The van der Waals surface area contributed by atoms with Gasteiger partial charge in [0.25, 0.3) is 0 Å². The van der Waals surface area contributed by atoms with Crippen LogP contribution in [0.1, 0.15) is 57.5 Å². The second kappa shape index (κ2) is 11.0. The molecular weight excluding hydrogens is 184 g/mol. The summed E-state index contributed by atoms with van der Waals surface area (Å²) in [6.07, 6.45) is 0.926. The van der Waals surface area contributed by atoms with Crippen LogP contribution in [0.5, 0.6) is 0 Å². The summed E-state index contributed by atoms with van der Waals surface area (Å²) >= 11 is 0.